The van der Waals surface area contributed by atoms with Crippen molar-refractivity contribution in [3.05, 3.63) is 53.2 Å². The number of thiophene rings is 1. The lowest BCUT2D eigenvalue weighted by Crippen LogP contribution is -2.34. The minimum Gasteiger partial charge on any atom is -0.374 e. The van der Waals surface area contributed by atoms with Gasteiger partial charge in [-0.25, -0.2) is 4.79 Å². The lowest BCUT2D eigenvalue weighted by atomic mass is 10.2. The molecule has 1 aliphatic heterocycles. The molecule has 0 bridgehead atoms. The number of aryl methyl sites for hydroxylation is 1. The third-order valence-corrected chi connectivity index (χ3v) is 6.93. The Balaban J connectivity index is 1.47. The molecule has 5 rings (SSSR count). The van der Waals surface area contributed by atoms with Crippen molar-refractivity contribution >= 4 is 55.8 Å². The van der Waals surface area contributed by atoms with Gasteiger partial charge in [0.05, 0.1) is 26.3 Å². The normalized spacial score (nSPS) is 16.1. The average Bonchev–Trinajstić information content (AvgIpc) is 3.49. The van der Waals surface area contributed by atoms with Crippen LogP contribution in [0.25, 0.3) is 21.1 Å². The van der Waals surface area contributed by atoms with Gasteiger partial charge in [-0.3, -0.25) is 14.3 Å². The number of anilines is 2. The van der Waals surface area contributed by atoms with Gasteiger partial charge < -0.3 is 20.6 Å². The number of pyridine rings is 1. The first-order valence-electron chi connectivity index (χ1n) is 10.4. The number of aromatic nitrogens is 2. The van der Waals surface area contributed by atoms with Gasteiger partial charge in [0.1, 0.15) is 6.23 Å². The van der Waals surface area contributed by atoms with E-state index in [0.29, 0.717) is 17.8 Å². The van der Waals surface area contributed by atoms with Gasteiger partial charge in [-0.15, -0.1) is 11.3 Å². The van der Waals surface area contributed by atoms with E-state index in [9.17, 15) is 14.7 Å². The lowest BCUT2D eigenvalue weighted by molar-refractivity contribution is 0.0297. The van der Waals surface area contributed by atoms with Crippen molar-refractivity contribution in [1.82, 2.24) is 19.8 Å². The fourth-order valence-electron chi connectivity index (χ4n) is 4.24. The predicted molar refractivity (Wildman–Crippen MR) is 126 cm³/mol. The van der Waals surface area contributed by atoms with Gasteiger partial charge in [0.15, 0.2) is 0 Å². The number of aliphatic hydroxyl groups excluding tert-OH is 1. The first kappa shape index (κ1) is 20.5. The van der Waals surface area contributed by atoms with Crippen LogP contribution < -0.4 is 10.6 Å². The van der Waals surface area contributed by atoms with E-state index >= 15 is 0 Å². The van der Waals surface area contributed by atoms with Crippen molar-refractivity contribution in [1.29, 1.82) is 0 Å². The van der Waals surface area contributed by atoms with Crippen molar-refractivity contribution in [2.45, 2.75) is 26.0 Å². The Morgan fingerprint density at radius 1 is 1.22 bits per heavy atom. The summed E-state index contributed by atoms with van der Waals surface area (Å²) in [6.07, 6.45) is 2.43. The van der Waals surface area contributed by atoms with Crippen LogP contribution >= 0.6 is 11.3 Å². The summed E-state index contributed by atoms with van der Waals surface area (Å²) >= 11 is 1.37. The summed E-state index contributed by atoms with van der Waals surface area (Å²) in [5.74, 6) is -0.156. The van der Waals surface area contributed by atoms with Crippen molar-refractivity contribution in [3.63, 3.8) is 0 Å². The van der Waals surface area contributed by atoms with Gasteiger partial charge in [-0.2, -0.15) is 0 Å². The van der Waals surface area contributed by atoms with E-state index < -0.39 is 6.23 Å². The Bertz CT molecular complexity index is 1360. The topological polar surface area (TPSA) is 99.5 Å². The summed E-state index contributed by atoms with van der Waals surface area (Å²) in [6.45, 7) is 2.47. The molecule has 1 saturated heterocycles. The number of likely N-dealkylation sites (tertiary alicyclic amines) is 1. The number of amides is 2. The molecule has 0 spiro atoms. The average molecular weight is 450 g/mol. The highest BCUT2D eigenvalue weighted by atomic mass is 32.1. The van der Waals surface area contributed by atoms with E-state index in [1.165, 1.54) is 16.2 Å². The van der Waals surface area contributed by atoms with Gasteiger partial charge in [0.2, 0.25) is 0 Å². The number of hydrogen-bond acceptors (Lipinski definition) is 6. The molecule has 0 radical (unpaired) electrons. The third-order valence-electron chi connectivity index (χ3n) is 5.79. The molecular weight excluding hydrogens is 426 g/mol. The van der Waals surface area contributed by atoms with Crippen molar-refractivity contribution in [2.75, 3.05) is 18.9 Å². The summed E-state index contributed by atoms with van der Waals surface area (Å²) in [5.41, 5.74) is 4.15. The van der Waals surface area contributed by atoms with E-state index in [4.69, 9.17) is 0 Å². The Labute approximate surface area is 188 Å². The molecule has 32 heavy (non-hydrogen) atoms. The summed E-state index contributed by atoms with van der Waals surface area (Å²) in [4.78, 5) is 31.5. The number of benzene rings is 1. The van der Waals surface area contributed by atoms with Crippen LogP contribution in [0.4, 0.5) is 16.2 Å². The molecule has 0 aliphatic carbocycles. The summed E-state index contributed by atoms with van der Waals surface area (Å²) in [5, 5.41) is 17.1. The molecule has 1 fully saturated rings. The molecule has 1 aromatic carbocycles. The second kappa shape index (κ2) is 7.92. The number of rotatable bonds is 3. The monoisotopic (exact) mass is 449 g/mol. The molecule has 9 heteroatoms. The maximum Gasteiger partial charge on any atom is 0.325 e. The highest BCUT2D eigenvalue weighted by molar-refractivity contribution is 7.21. The van der Waals surface area contributed by atoms with Gasteiger partial charge in [0, 0.05) is 36.6 Å². The van der Waals surface area contributed by atoms with Crippen LogP contribution in [0, 0.1) is 6.92 Å². The SMILES string of the molecule is CNC(=O)n1c(C)cc2cc(Nc3ccnc4cc(C(=O)N5CCCC5O)sc34)ccc21. The molecule has 1 atom stereocenters. The first-order chi connectivity index (χ1) is 15.5. The molecular formula is C23H23N5O3S. The van der Waals surface area contributed by atoms with Crippen LogP contribution in [0.1, 0.15) is 28.2 Å². The van der Waals surface area contributed by atoms with Crippen LogP contribution in [0.15, 0.2) is 42.6 Å². The molecule has 3 N–H and O–H groups in total. The lowest BCUT2D eigenvalue weighted by Gasteiger charge is -2.18. The molecule has 4 aromatic rings. The minimum absolute atomic E-state index is 0.156. The molecule has 1 aliphatic rings. The third kappa shape index (κ3) is 3.39. The van der Waals surface area contributed by atoms with Crippen LogP contribution in [-0.4, -0.2) is 51.3 Å². The fourth-order valence-corrected chi connectivity index (χ4v) is 5.28. The summed E-state index contributed by atoms with van der Waals surface area (Å²) in [6, 6.07) is 11.3. The maximum atomic E-state index is 12.9. The number of nitrogens with zero attached hydrogens (tertiary/aromatic N) is 3. The number of hydrogen-bond donors (Lipinski definition) is 3. The number of carbonyl (C=O) groups excluding carboxylic acids is 2. The largest absolute Gasteiger partial charge is 0.374 e. The number of fused-ring (bicyclic) bond motifs is 2. The van der Waals surface area contributed by atoms with E-state index in [0.717, 1.165) is 44.6 Å². The van der Waals surface area contributed by atoms with E-state index in [2.05, 4.69) is 15.6 Å². The van der Waals surface area contributed by atoms with E-state index in [1.54, 1.807) is 23.9 Å². The molecule has 0 saturated carbocycles. The van der Waals surface area contributed by atoms with Crippen molar-refractivity contribution < 1.29 is 14.7 Å². The Morgan fingerprint density at radius 2 is 2.06 bits per heavy atom. The van der Waals surface area contributed by atoms with Crippen LogP contribution in [0.5, 0.6) is 0 Å². The van der Waals surface area contributed by atoms with Gasteiger partial charge in [0.25, 0.3) is 5.91 Å². The summed E-state index contributed by atoms with van der Waals surface area (Å²) < 4.78 is 2.52. The zero-order valence-electron chi connectivity index (χ0n) is 17.8. The van der Waals surface area contributed by atoms with Crippen LogP contribution in [0.2, 0.25) is 0 Å². The minimum atomic E-state index is -0.712. The fraction of sp³-hybridized carbons (Fsp3) is 0.261. The van der Waals surface area contributed by atoms with Gasteiger partial charge in [-0.05, 0) is 56.2 Å². The molecule has 2 amide bonds. The molecule has 3 aromatic heterocycles. The van der Waals surface area contributed by atoms with Crippen molar-refractivity contribution in [3.8, 4) is 0 Å². The standard InChI is InChI=1S/C23H23N5O3S/c1-13-10-14-11-15(5-6-18(14)28(13)23(31)24-2)26-16-7-8-25-17-12-19(32-21(16)17)22(30)27-9-3-4-20(27)29/h5-8,10-12,20,29H,3-4,9H2,1-2H3,(H,24,31)(H,25,26). The molecule has 164 valence electrons. The second-order valence-electron chi connectivity index (χ2n) is 7.88. The highest BCUT2D eigenvalue weighted by Gasteiger charge is 2.29. The Kier molecular flexibility index (Phi) is 5.07. The predicted octanol–water partition coefficient (Wildman–Crippen LogP) is 4.04. The number of nitrogens with one attached hydrogen (secondary N) is 2. The Hall–Kier alpha value is -3.43. The summed E-state index contributed by atoms with van der Waals surface area (Å²) in [7, 11) is 1.61. The zero-order chi connectivity index (χ0) is 22.4. The molecule has 1 unspecified atom stereocenters. The molecule has 8 nitrogen and oxygen atoms in total. The number of aliphatic hydroxyl groups is 1. The number of carbonyl (C=O) groups is 2. The maximum absolute atomic E-state index is 12.9. The Morgan fingerprint density at radius 3 is 2.81 bits per heavy atom. The van der Waals surface area contributed by atoms with E-state index in [1.807, 2.05) is 37.3 Å². The smallest absolute Gasteiger partial charge is 0.325 e. The zero-order valence-corrected chi connectivity index (χ0v) is 18.6. The van der Waals surface area contributed by atoms with E-state index in [-0.39, 0.29) is 11.9 Å². The quantitative estimate of drug-likeness (QED) is 0.438. The van der Waals surface area contributed by atoms with Crippen LogP contribution in [-0.2, 0) is 0 Å². The second-order valence-corrected chi connectivity index (χ2v) is 8.93. The van der Waals surface area contributed by atoms with Gasteiger partial charge >= 0.3 is 6.03 Å². The first-order valence-corrected chi connectivity index (χ1v) is 11.3. The van der Waals surface area contributed by atoms with Gasteiger partial charge in [-0.1, -0.05) is 0 Å². The molecule has 4 heterocycles. The highest BCUT2D eigenvalue weighted by Crippen LogP contribution is 2.34. The van der Waals surface area contributed by atoms with Crippen LogP contribution in [0.3, 0.4) is 0 Å². The van der Waals surface area contributed by atoms with Crippen molar-refractivity contribution in [2.24, 2.45) is 0 Å².